The van der Waals surface area contributed by atoms with Crippen molar-refractivity contribution in [3.63, 3.8) is 0 Å². The molecule has 0 aliphatic rings. The summed E-state index contributed by atoms with van der Waals surface area (Å²) in [6.45, 7) is 1.01. The van der Waals surface area contributed by atoms with Gasteiger partial charge >= 0.3 is 0 Å². The number of ether oxygens (including phenoxy) is 2. The molecule has 0 unspecified atom stereocenters. The van der Waals surface area contributed by atoms with Crippen LogP contribution in [0.3, 0.4) is 0 Å². The van der Waals surface area contributed by atoms with Gasteiger partial charge in [0.1, 0.15) is 29.6 Å². The van der Waals surface area contributed by atoms with Gasteiger partial charge in [0.15, 0.2) is 0 Å². The molecule has 2 aromatic carbocycles. The van der Waals surface area contributed by atoms with E-state index in [1.165, 1.54) is 12.4 Å². The lowest BCUT2D eigenvalue weighted by Crippen LogP contribution is -2.16. The third-order valence-electron chi connectivity index (χ3n) is 3.65. The molecule has 0 radical (unpaired) electrons. The largest absolute Gasteiger partial charge is 0.497 e. The molecule has 2 N–H and O–H groups in total. The van der Waals surface area contributed by atoms with Crippen molar-refractivity contribution in [2.45, 2.75) is 0 Å². The topological polar surface area (TPSA) is 85.4 Å². The number of nitrogens with zero attached hydrogens (tertiary/aromatic N) is 2. The Balaban J connectivity index is 1.44. The Bertz CT molecular complexity index is 853. The molecule has 0 saturated carbocycles. The summed E-state index contributed by atoms with van der Waals surface area (Å²) in [4.78, 5) is 20.5. The Kier molecular flexibility index (Phi) is 6.19. The fourth-order valence-corrected chi connectivity index (χ4v) is 2.27. The van der Waals surface area contributed by atoms with Crippen LogP contribution in [0.1, 0.15) is 10.5 Å². The second-order valence-corrected chi connectivity index (χ2v) is 5.56. The van der Waals surface area contributed by atoms with Gasteiger partial charge in [-0.2, -0.15) is 0 Å². The molecule has 27 heavy (non-hydrogen) atoms. The quantitative estimate of drug-likeness (QED) is 0.597. The minimum absolute atomic E-state index is 0.249. The maximum atomic E-state index is 12.1. The number of hydrogen-bond acceptors (Lipinski definition) is 6. The number of nitrogens with one attached hydrogen (secondary N) is 2. The van der Waals surface area contributed by atoms with Crippen LogP contribution in [-0.2, 0) is 0 Å². The lowest BCUT2D eigenvalue weighted by molar-refractivity contribution is 0.102. The number of para-hydroxylation sites is 1. The highest BCUT2D eigenvalue weighted by molar-refractivity contribution is 6.02. The summed E-state index contributed by atoms with van der Waals surface area (Å²) < 4.78 is 10.7. The van der Waals surface area contributed by atoms with E-state index in [2.05, 4.69) is 20.6 Å². The van der Waals surface area contributed by atoms with Crippen molar-refractivity contribution >= 4 is 17.4 Å². The number of anilines is 2. The van der Waals surface area contributed by atoms with Crippen molar-refractivity contribution in [1.82, 2.24) is 9.97 Å². The normalized spacial score (nSPS) is 10.1. The highest BCUT2D eigenvalue weighted by atomic mass is 16.5. The van der Waals surface area contributed by atoms with Crippen molar-refractivity contribution < 1.29 is 14.3 Å². The molecule has 7 nitrogen and oxygen atoms in total. The van der Waals surface area contributed by atoms with Gasteiger partial charge in [-0.15, -0.1) is 0 Å². The third-order valence-corrected chi connectivity index (χ3v) is 3.65. The van der Waals surface area contributed by atoms with Gasteiger partial charge in [-0.05, 0) is 36.4 Å². The van der Waals surface area contributed by atoms with Crippen LogP contribution in [-0.4, -0.2) is 36.1 Å². The maximum absolute atomic E-state index is 12.1. The van der Waals surface area contributed by atoms with Gasteiger partial charge in [0.05, 0.1) is 26.0 Å². The summed E-state index contributed by atoms with van der Waals surface area (Å²) >= 11 is 0. The predicted octanol–water partition coefficient (Wildman–Crippen LogP) is 3.23. The molecule has 0 bridgehead atoms. The van der Waals surface area contributed by atoms with Crippen molar-refractivity contribution in [3.8, 4) is 11.5 Å². The summed E-state index contributed by atoms with van der Waals surface area (Å²) in [7, 11) is 1.62. The van der Waals surface area contributed by atoms with Crippen molar-refractivity contribution in [2.75, 3.05) is 30.9 Å². The summed E-state index contributed by atoms with van der Waals surface area (Å²) in [6.07, 6.45) is 2.96. The average Bonchev–Trinajstić information content (AvgIpc) is 2.73. The van der Waals surface area contributed by atoms with Crippen LogP contribution in [0.5, 0.6) is 11.5 Å². The van der Waals surface area contributed by atoms with Crippen molar-refractivity contribution in [2.24, 2.45) is 0 Å². The van der Waals surface area contributed by atoms with E-state index in [4.69, 9.17) is 9.47 Å². The first-order valence-electron chi connectivity index (χ1n) is 8.44. The first kappa shape index (κ1) is 18.2. The molecule has 3 aromatic rings. The first-order valence-corrected chi connectivity index (χ1v) is 8.44. The average molecular weight is 364 g/mol. The van der Waals surface area contributed by atoms with Gasteiger partial charge in [-0.25, -0.2) is 9.97 Å². The fraction of sp³-hybridized carbons (Fsp3) is 0.150. The van der Waals surface area contributed by atoms with Crippen molar-refractivity contribution in [1.29, 1.82) is 0 Å². The Morgan fingerprint density at radius 2 is 1.70 bits per heavy atom. The zero-order valence-corrected chi connectivity index (χ0v) is 14.9. The van der Waals surface area contributed by atoms with E-state index in [1.54, 1.807) is 7.11 Å². The maximum Gasteiger partial charge on any atom is 0.275 e. The second kappa shape index (κ2) is 9.19. The first-order chi connectivity index (χ1) is 13.2. The summed E-state index contributed by atoms with van der Waals surface area (Å²) in [5.74, 6) is 1.82. The van der Waals surface area contributed by atoms with Gasteiger partial charge in [0.2, 0.25) is 0 Å². The van der Waals surface area contributed by atoms with Gasteiger partial charge in [0.25, 0.3) is 5.91 Å². The van der Waals surface area contributed by atoms with Gasteiger partial charge in [-0.3, -0.25) is 4.79 Å². The van der Waals surface area contributed by atoms with E-state index in [0.717, 1.165) is 11.5 Å². The highest BCUT2D eigenvalue weighted by Gasteiger charge is 2.08. The van der Waals surface area contributed by atoms with Crippen LogP contribution < -0.4 is 20.1 Å². The number of methoxy groups -OCH3 is 1. The zero-order chi connectivity index (χ0) is 18.9. The molecular formula is C20H20N4O3. The lowest BCUT2D eigenvalue weighted by Gasteiger charge is -2.09. The number of carbonyl (C=O) groups excluding carboxylic acids is 1. The van der Waals surface area contributed by atoms with E-state index in [0.29, 0.717) is 24.7 Å². The standard InChI is InChI=1S/C20H20N4O3/c1-26-16-7-9-17(10-8-16)27-12-11-21-19-14-22-18(13-23-19)20(25)24-15-5-3-2-4-6-15/h2-10,13-14H,11-12H2,1H3,(H,21,23)(H,24,25). The van der Waals surface area contributed by atoms with Crippen LogP contribution in [0.2, 0.25) is 0 Å². The summed E-state index contributed by atoms with van der Waals surface area (Å²) in [6, 6.07) is 16.6. The summed E-state index contributed by atoms with van der Waals surface area (Å²) in [5, 5.41) is 5.86. The molecule has 0 saturated heterocycles. The molecule has 0 atom stereocenters. The molecule has 7 heteroatoms. The van der Waals surface area contributed by atoms with Crippen molar-refractivity contribution in [3.05, 3.63) is 72.7 Å². The Hall–Kier alpha value is -3.61. The van der Waals surface area contributed by atoms with Crippen LogP contribution in [0.15, 0.2) is 67.0 Å². The zero-order valence-electron chi connectivity index (χ0n) is 14.9. The van der Waals surface area contributed by atoms with E-state index >= 15 is 0 Å². The van der Waals surface area contributed by atoms with Crippen LogP contribution in [0.4, 0.5) is 11.5 Å². The van der Waals surface area contributed by atoms with Crippen LogP contribution >= 0.6 is 0 Å². The number of aromatic nitrogens is 2. The minimum atomic E-state index is -0.303. The Morgan fingerprint density at radius 3 is 2.37 bits per heavy atom. The SMILES string of the molecule is COc1ccc(OCCNc2cnc(C(=O)Nc3ccccc3)cn2)cc1. The smallest absolute Gasteiger partial charge is 0.275 e. The van der Waals surface area contributed by atoms with E-state index < -0.39 is 0 Å². The number of benzene rings is 2. The molecule has 0 fully saturated rings. The highest BCUT2D eigenvalue weighted by Crippen LogP contribution is 2.16. The molecule has 1 aromatic heterocycles. The minimum Gasteiger partial charge on any atom is -0.497 e. The molecule has 1 amide bonds. The van der Waals surface area contributed by atoms with Crippen LogP contribution in [0.25, 0.3) is 0 Å². The molecule has 1 heterocycles. The molecule has 0 spiro atoms. The monoisotopic (exact) mass is 364 g/mol. The van der Waals surface area contributed by atoms with E-state index in [9.17, 15) is 4.79 Å². The van der Waals surface area contributed by atoms with Gasteiger partial charge < -0.3 is 20.1 Å². The molecular weight excluding hydrogens is 344 g/mol. The fourth-order valence-electron chi connectivity index (χ4n) is 2.27. The van der Waals surface area contributed by atoms with E-state index in [1.807, 2.05) is 54.6 Å². The number of rotatable bonds is 8. The van der Waals surface area contributed by atoms with Crippen LogP contribution in [0, 0.1) is 0 Å². The molecule has 138 valence electrons. The number of amides is 1. The summed E-state index contributed by atoms with van der Waals surface area (Å²) in [5.41, 5.74) is 0.959. The predicted molar refractivity (Wildman–Crippen MR) is 103 cm³/mol. The molecule has 0 aliphatic heterocycles. The lowest BCUT2D eigenvalue weighted by atomic mass is 10.3. The second-order valence-electron chi connectivity index (χ2n) is 5.56. The van der Waals surface area contributed by atoms with Gasteiger partial charge in [0, 0.05) is 5.69 Å². The Morgan fingerprint density at radius 1 is 0.963 bits per heavy atom. The Labute approximate surface area is 157 Å². The number of hydrogen-bond donors (Lipinski definition) is 2. The third kappa shape index (κ3) is 5.43. The molecule has 3 rings (SSSR count). The van der Waals surface area contributed by atoms with Gasteiger partial charge in [-0.1, -0.05) is 18.2 Å². The van der Waals surface area contributed by atoms with E-state index in [-0.39, 0.29) is 11.6 Å². The molecule has 0 aliphatic carbocycles. The number of carbonyl (C=O) groups is 1.